The summed E-state index contributed by atoms with van der Waals surface area (Å²) < 4.78 is 10.1. The summed E-state index contributed by atoms with van der Waals surface area (Å²) in [4.78, 5) is 4.26. The first kappa shape index (κ1) is 10.7. The highest BCUT2D eigenvalue weighted by atomic mass is 16.5. The normalized spacial score (nSPS) is 10.4. The van der Waals surface area contributed by atoms with E-state index in [0.717, 1.165) is 23.6 Å². The van der Waals surface area contributed by atoms with Crippen LogP contribution in [0.1, 0.15) is 24.2 Å². The quantitative estimate of drug-likeness (QED) is 0.789. The lowest BCUT2D eigenvalue weighted by Gasteiger charge is -2.00. The molecule has 16 heavy (non-hydrogen) atoms. The van der Waals surface area contributed by atoms with E-state index in [1.165, 1.54) is 0 Å². The van der Waals surface area contributed by atoms with Gasteiger partial charge in [0.15, 0.2) is 5.82 Å². The Labute approximate surface area is 94.2 Å². The second-order valence-electron chi connectivity index (χ2n) is 3.48. The summed E-state index contributed by atoms with van der Waals surface area (Å²) in [6, 6.07) is 7.86. The molecule has 0 radical (unpaired) electrons. The van der Waals surface area contributed by atoms with Gasteiger partial charge < -0.3 is 9.26 Å². The number of ether oxygens (including phenoxy) is 1. The second kappa shape index (κ2) is 4.79. The highest BCUT2D eigenvalue weighted by molar-refractivity contribution is 5.28. The molecule has 0 amide bonds. The lowest BCUT2D eigenvalue weighted by molar-refractivity contribution is 0.377. The number of aromatic nitrogens is 2. The summed E-state index contributed by atoms with van der Waals surface area (Å²) in [7, 11) is 1.65. The van der Waals surface area contributed by atoms with E-state index in [0.29, 0.717) is 12.3 Å². The van der Waals surface area contributed by atoms with Crippen molar-refractivity contribution in [1.82, 2.24) is 10.1 Å². The van der Waals surface area contributed by atoms with Gasteiger partial charge in [-0.2, -0.15) is 4.98 Å². The van der Waals surface area contributed by atoms with E-state index in [4.69, 9.17) is 9.26 Å². The first-order valence-electron chi connectivity index (χ1n) is 5.26. The van der Waals surface area contributed by atoms with Crippen molar-refractivity contribution in [2.24, 2.45) is 0 Å². The molecule has 0 aliphatic carbocycles. The van der Waals surface area contributed by atoms with E-state index in [2.05, 4.69) is 10.1 Å². The second-order valence-corrected chi connectivity index (χ2v) is 3.48. The third kappa shape index (κ3) is 2.39. The molecule has 2 aromatic rings. The number of nitrogens with zero attached hydrogens (tertiary/aromatic N) is 2. The third-order valence-corrected chi connectivity index (χ3v) is 2.33. The molecule has 1 aromatic heterocycles. The van der Waals surface area contributed by atoms with Crippen LogP contribution in [0.25, 0.3) is 0 Å². The van der Waals surface area contributed by atoms with Crippen LogP contribution in [0.5, 0.6) is 5.75 Å². The molecule has 84 valence electrons. The molecule has 0 N–H and O–H groups in total. The van der Waals surface area contributed by atoms with Crippen molar-refractivity contribution in [3.63, 3.8) is 0 Å². The summed E-state index contributed by atoms with van der Waals surface area (Å²) in [5, 5.41) is 3.91. The van der Waals surface area contributed by atoms with E-state index < -0.39 is 0 Å². The lowest BCUT2D eigenvalue weighted by Crippen LogP contribution is -1.91. The number of hydrogen-bond donors (Lipinski definition) is 0. The summed E-state index contributed by atoms with van der Waals surface area (Å²) in [5.41, 5.74) is 1.14. The van der Waals surface area contributed by atoms with Gasteiger partial charge in [-0.05, 0) is 17.7 Å². The molecule has 0 spiro atoms. The van der Waals surface area contributed by atoms with E-state index in [-0.39, 0.29) is 0 Å². The van der Waals surface area contributed by atoms with Crippen molar-refractivity contribution < 1.29 is 9.26 Å². The van der Waals surface area contributed by atoms with Crippen LogP contribution in [0, 0.1) is 0 Å². The van der Waals surface area contributed by atoms with Gasteiger partial charge in [0.05, 0.1) is 7.11 Å². The van der Waals surface area contributed by atoms with Crippen LogP contribution in [-0.2, 0) is 12.8 Å². The Balaban J connectivity index is 2.08. The van der Waals surface area contributed by atoms with Crippen LogP contribution in [-0.4, -0.2) is 17.3 Å². The lowest BCUT2D eigenvalue weighted by atomic mass is 10.1. The molecular formula is C12H14N2O2. The first-order valence-corrected chi connectivity index (χ1v) is 5.26. The molecule has 0 aliphatic heterocycles. The third-order valence-electron chi connectivity index (χ3n) is 2.33. The highest BCUT2D eigenvalue weighted by Crippen LogP contribution is 2.13. The van der Waals surface area contributed by atoms with Gasteiger partial charge in [0.1, 0.15) is 5.75 Å². The largest absolute Gasteiger partial charge is 0.497 e. The molecule has 0 saturated carbocycles. The van der Waals surface area contributed by atoms with Crippen LogP contribution in [0.4, 0.5) is 0 Å². The van der Waals surface area contributed by atoms with E-state index >= 15 is 0 Å². The number of rotatable bonds is 4. The predicted octanol–water partition coefficient (Wildman–Crippen LogP) is 2.23. The fraction of sp³-hybridized carbons (Fsp3) is 0.333. The Morgan fingerprint density at radius 2 is 2.00 bits per heavy atom. The maximum atomic E-state index is 5.09. The molecule has 1 aromatic carbocycles. The summed E-state index contributed by atoms with van der Waals surface area (Å²) in [6.45, 7) is 1.99. The summed E-state index contributed by atoms with van der Waals surface area (Å²) >= 11 is 0. The van der Waals surface area contributed by atoms with E-state index in [1.807, 2.05) is 31.2 Å². The molecular weight excluding hydrogens is 204 g/mol. The molecule has 0 bridgehead atoms. The number of methoxy groups -OCH3 is 1. The Morgan fingerprint density at radius 3 is 2.56 bits per heavy atom. The molecule has 4 heteroatoms. The van der Waals surface area contributed by atoms with Crippen LogP contribution in [0.15, 0.2) is 28.8 Å². The summed E-state index contributed by atoms with van der Waals surface area (Å²) in [5.74, 6) is 2.26. The molecule has 4 nitrogen and oxygen atoms in total. The van der Waals surface area contributed by atoms with Crippen molar-refractivity contribution in [3.05, 3.63) is 41.5 Å². The van der Waals surface area contributed by atoms with Crippen molar-refractivity contribution in [3.8, 4) is 5.75 Å². The van der Waals surface area contributed by atoms with E-state index in [9.17, 15) is 0 Å². The standard InChI is InChI=1S/C12H14N2O2/c1-3-12-13-11(14-16-12)8-9-4-6-10(15-2)7-5-9/h4-7H,3,8H2,1-2H3. The van der Waals surface area contributed by atoms with Crippen molar-refractivity contribution >= 4 is 0 Å². The molecule has 0 atom stereocenters. The number of aryl methyl sites for hydroxylation is 1. The minimum atomic E-state index is 0.684. The van der Waals surface area contributed by atoms with Gasteiger partial charge in [-0.3, -0.25) is 0 Å². The van der Waals surface area contributed by atoms with Crippen LogP contribution in [0.2, 0.25) is 0 Å². The van der Waals surface area contributed by atoms with Crippen LogP contribution in [0.3, 0.4) is 0 Å². The average Bonchev–Trinajstić information content (AvgIpc) is 2.78. The van der Waals surface area contributed by atoms with Gasteiger partial charge in [-0.25, -0.2) is 0 Å². The van der Waals surface area contributed by atoms with E-state index in [1.54, 1.807) is 7.11 Å². The van der Waals surface area contributed by atoms with Crippen molar-refractivity contribution in [2.75, 3.05) is 7.11 Å². The highest BCUT2D eigenvalue weighted by Gasteiger charge is 2.05. The van der Waals surface area contributed by atoms with Crippen LogP contribution < -0.4 is 4.74 Å². The maximum absolute atomic E-state index is 5.09. The van der Waals surface area contributed by atoms with Crippen molar-refractivity contribution in [1.29, 1.82) is 0 Å². The predicted molar refractivity (Wildman–Crippen MR) is 59.5 cm³/mol. The fourth-order valence-electron chi connectivity index (χ4n) is 1.43. The SMILES string of the molecule is CCc1nc(Cc2ccc(OC)cc2)no1. The van der Waals surface area contributed by atoms with Crippen molar-refractivity contribution in [2.45, 2.75) is 19.8 Å². The molecule has 0 saturated heterocycles. The van der Waals surface area contributed by atoms with Gasteiger partial charge in [-0.1, -0.05) is 24.2 Å². The van der Waals surface area contributed by atoms with Gasteiger partial charge in [0.2, 0.25) is 5.89 Å². The summed E-state index contributed by atoms with van der Waals surface area (Å²) in [6.07, 6.45) is 1.46. The number of benzene rings is 1. The zero-order chi connectivity index (χ0) is 11.4. The molecule has 0 aliphatic rings. The van der Waals surface area contributed by atoms with Gasteiger partial charge in [0.25, 0.3) is 0 Å². The Morgan fingerprint density at radius 1 is 1.25 bits per heavy atom. The first-order chi connectivity index (χ1) is 7.81. The average molecular weight is 218 g/mol. The number of hydrogen-bond acceptors (Lipinski definition) is 4. The van der Waals surface area contributed by atoms with Crippen LogP contribution >= 0.6 is 0 Å². The minimum Gasteiger partial charge on any atom is -0.497 e. The fourth-order valence-corrected chi connectivity index (χ4v) is 1.43. The maximum Gasteiger partial charge on any atom is 0.226 e. The minimum absolute atomic E-state index is 0.684. The zero-order valence-corrected chi connectivity index (χ0v) is 9.43. The Kier molecular flexibility index (Phi) is 3.19. The topological polar surface area (TPSA) is 48.2 Å². The molecule has 1 heterocycles. The molecule has 2 rings (SSSR count). The van der Waals surface area contributed by atoms with Gasteiger partial charge >= 0.3 is 0 Å². The van der Waals surface area contributed by atoms with Gasteiger partial charge in [0, 0.05) is 12.8 Å². The Hall–Kier alpha value is -1.84. The molecule has 0 fully saturated rings. The monoisotopic (exact) mass is 218 g/mol. The Bertz CT molecular complexity index is 448. The molecule has 0 unspecified atom stereocenters. The smallest absolute Gasteiger partial charge is 0.226 e. The zero-order valence-electron chi connectivity index (χ0n) is 9.43. The van der Waals surface area contributed by atoms with Gasteiger partial charge in [-0.15, -0.1) is 0 Å².